The molecule has 0 spiro atoms. The predicted molar refractivity (Wildman–Crippen MR) is 85.4 cm³/mol. The monoisotopic (exact) mass is 344 g/mol. The maximum atomic E-state index is 10.8. The fourth-order valence-electron chi connectivity index (χ4n) is 1.20. The van der Waals surface area contributed by atoms with E-state index in [1.54, 1.807) is 41.5 Å². The molecule has 0 radical (unpaired) electrons. The van der Waals surface area contributed by atoms with Crippen LogP contribution in [0, 0.1) is 5.41 Å². The fraction of sp³-hybridized carbons (Fsp3) is 0.500. The van der Waals surface area contributed by atoms with E-state index in [-0.39, 0.29) is 5.57 Å². The van der Waals surface area contributed by atoms with Crippen LogP contribution in [0.25, 0.3) is 0 Å². The minimum absolute atomic E-state index is 0.102. The zero-order valence-corrected chi connectivity index (χ0v) is 14.6. The molecule has 0 aromatic carbocycles. The minimum Gasteiger partial charge on any atom is -0.478 e. The summed E-state index contributed by atoms with van der Waals surface area (Å²) in [6.45, 7) is 10.1. The Bertz CT molecular complexity index is 539. The van der Waals surface area contributed by atoms with Gasteiger partial charge in [0, 0.05) is 23.8 Å². The van der Waals surface area contributed by atoms with Gasteiger partial charge in [-0.3, -0.25) is 0 Å². The number of rotatable bonds is 4. The van der Waals surface area contributed by atoms with Crippen molar-refractivity contribution in [3.8, 4) is 0 Å². The lowest BCUT2D eigenvalue weighted by Crippen LogP contribution is -2.22. The molecular weight excluding hydrogens is 320 g/mol. The first-order valence-corrected chi connectivity index (χ1v) is 6.88. The zero-order chi connectivity index (χ0) is 19.7. The second-order valence-electron chi connectivity index (χ2n) is 6.66. The van der Waals surface area contributed by atoms with Crippen LogP contribution in [0.4, 0.5) is 0 Å². The summed E-state index contributed by atoms with van der Waals surface area (Å²) in [5, 5.41) is 25.1. The number of carbonyl (C=O) groups excluding carboxylic acids is 1. The number of esters is 1. The maximum absolute atomic E-state index is 10.8. The van der Waals surface area contributed by atoms with E-state index in [2.05, 4.69) is 0 Å². The molecule has 8 nitrogen and oxygen atoms in total. The van der Waals surface area contributed by atoms with Crippen molar-refractivity contribution in [1.82, 2.24) is 0 Å². The molecule has 0 aliphatic heterocycles. The highest BCUT2D eigenvalue weighted by Crippen LogP contribution is 2.24. The van der Waals surface area contributed by atoms with Crippen LogP contribution in [0.2, 0.25) is 0 Å². The summed E-state index contributed by atoms with van der Waals surface area (Å²) in [6.07, 6.45) is 2.35. The van der Waals surface area contributed by atoms with Gasteiger partial charge in [-0.1, -0.05) is 20.8 Å². The molecule has 0 aliphatic rings. The first-order valence-electron chi connectivity index (χ1n) is 6.88. The van der Waals surface area contributed by atoms with E-state index < -0.39 is 34.9 Å². The molecular formula is C16H24O8. The number of carbonyl (C=O) groups is 4. The minimum atomic E-state index is -1.23. The summed E-state index contributed by atoms with van der Waals surface area (Å²) in [5.74, 6) is -4.24. The van der Waals surface area contributed by atoms with Crippen molar-refractivity contribution in [3.63, 3.8) is 0 Å². The number of carboxylic acids is 3. The zero-order valence-electron chi connectivity index (χ0n) is 14.6. The molecule has 0 atom stereocenters. The van der Waals surface area contributed by atoms with Crippen molar-refractivity contribution in [2.75, 3.05) is 0 Å². The van der Waals surface area contributed by atoms with Gasteiger partial charge in [-0.15, -0.1) is 0 Å². The smallest absolute Gasteiger partial charge is 0.332 e. The van der Waals surface area contributed by atoms with Gasteiger partial charge >= 0.3 is 23.9 Å². The first kappa shape index (κ1) is 23.6. The lowest BCUT2D eigenvalue weighted by atomic mass is 9.86. The number of aliphatic carboxylic acids is 3. The summed E-state index contributed by atoms with van der Waals surface area (Å²) in [4.78, 5) is 41.5. The van der Waals surface area contributed by atoms with Gasteiger partial charge in [0.2, 0.25) is 0 Å². The largest absolute Gasteiger partial charge is 0.478 e. The van der Waals surface area contributed by atoms with E-state index >= 15 is 0 Å². The van der Waals surface area contributed by atoms with E-state index in [0.29, 0.717) is 0 Å². The second-order valence-corrected chi connectivity index (χ2v) is 6.66. The molecule has 0 unspecified atom stereocenters. The normalized spacial score (nSPS) is 12.2. The van der Waals surface area contributed by atoms with Gasteiger partial charge in [0.05, 0.1) is 0 Å². The Labute approximate surface area is 140 Å². The number of carboxylic acid groups (broad SMARTS) is 3. The highest BCUT2D eigenvalue weighted by atomic mass is 16.6. The van der Waals surface area contributed by atoms with E-state index in [9.17, 15) is 19.2 Å². The van der Waals surface area contributed by atoms with Gasteiger partial charge in [-0.05, 0) is 26.2 Å². The van der Waals surface area contributed by atoms with Crippen molar-refractivity contribution >= 4 is 23.9 Å². The van der Waals surface area contributed by atoms with Gasteiger partial charge in [0.15, 0.2) is 0 Å². The third-order valence-corrected chi connectivity index (χ3v) is 2.08. The van der Waals surface area contributed by atoms with E-state index in [4.69, 9.17) is 20.1 Å². The predicted octanol–water partition coefficient (Wildman–Crippen LogP) is 2.10. The Morgan fingerprint density at radius 3 is 1.46 bits per heavy atom. The summed E-state index contributed by atoms with van der Waals surface area (Å²) >= 11 is 0. The molecule has 0 aromatic heterocycles. The molecule has 24 heavy (non-hydrogen) atoms. The van der Waals surface area contributed by atoms with Crippen molar-refractivity contribution in [2.24, 2.45) is 5.41 Å². The lowest BCUT2D eigenvalue weighted by molar-refractivity contribution is -0.149. The average molecular weight is 344 g/mol. The third kappa shape index (κ3) is 14.3. The molecule has 3 N–H and O–H groups in total. The topological polar surface area (TPSA) is 138 Å². The quantitative estimate of drug-likeness (QED) is 0.520. The summed E-state index contributed by atoms with van der Waals surface area (Å²) in [7, 11) is 0. The van der Waals surface area contributed by atoms with Crippen LogP contribution < -0.4 is 0 Å². The van der Waals surface area contributed by atoms with Gasteiger partial charge in [-0.25, -0.2) is 19.2 Å². The van der Waals surface area contributed by atoms with Crippen molar-refractivity contribution in [2.45, 2.75) is 47.1 Å². The van der Waals surface area contributed by atoms with E-state index in [1.165, 1.54) is 0 Å². The highest BCUT2D eigenvalue weighted by Gasteiger charge is 2.24. The van der Waals surface area contributed by atoms with Gasteiger partial charge in [-0.2, -0.15) is 0 Å². The van der Waals surface area contributed by atoms with Gasteiger partial charge in [0.1, 0.15) is 5.60 Å². The molecule has 8 heteroatoms. The van der Waals surface area contributed by atoms with Crippen LogP contribution in [0.5, 0.6) is 0 Å². The first-order chi connectivity index (χ1) is 10.6. The Balaban J connectivity index is 0. The van der Waals surface area contributed by atoms with E-state index in [1.807, 2.05) is 0 Å². The average Bonchev–Trinajstić information content (AvgIpc) is 2.30. The third-order valence-electron chi connectivity index (χ3n) is 2.08. The number of ether oxygens (including phenoxy) is 1. The summed E-state index contributed by atoms with van der Waals surface area (Å²) < 4.78 is 4.80. The van der Waals surface area contributed by atoms with Crippen LogP contribution >= 0.6 is 0 Å². The molecule has 0 fully saturated rings. The fourth-order valence-corrected chi connectivity index (χ4v) is 1.20. The Morgan fingerprint density at radius 1 is 0.792 bits per heavy atom. The number of hydrogen-bond donors (Lipinski definition) is 3. The van der Waals surface area contributed by atoms with Crippen LogP contribution in [-0.2, 0) is 23.9 Å². The van der Waals surface area contributed by atoms with Gasteiger partial charge in [0.25, 0.3) is 0 Å². The molecule has 0 saturated heterocycles. The Morgan fingerprint density at radius 2 is 1.25 bits per heavy atom. The van der Waals surface area contributed by atoms with Gasteiger partial charge < -0.3 is 20.1 Å². The standard InChI is InChI=1S/2C8H12O4/c1-8(2,3)12-7(11)5-4-6(9)10;1-8(2,3)5(7(11)12)4-6(9)10/h4-5H,1-3H3,(H,9,10);4H,1-3H3,(H,9,10)(H,11,12)/b5-4+;5-4-. The van der Waals surface area contributed by atoms with E-state index in [0.717, 1.165) is 18.2 Å². The molecule has 0 saturated carbocycles. The lowest BCUT2D eigenvalue weighted by Gasteiger charge is -2.18. The van der Waals surface area contributed by atoms with Crippen LogP contribution in [0.1, 0.15) is 41.5 Å². The SMILES string of the molecule is CC(C)(C)/C(=C\C(=O)O)C(=O)O.CC(C)(C)OC(=O)/C=C/C(=O)O. The van der Waals surface area contributed by atoms with Crippen molar-refractivity contribution in [3.05, 3.63) is 23.8 Å². The molecule has 136 valence electrons. The van der Waals surface area contributed by atoms with Crippen LogP contribution in [0.15, 0.2) is 23.8 Å². The van der Waals surface area contributed by atoms with Crippen LogP contribution in [0.3, 0.4) is 0 Å². The van der Waals surface area contributed by atoms with Crippen molar-refractivity contribution < 1.29 is 39.2 Å². The molecule has 0 aliphatic carbocycles. The molecule has 0 amide bonds. The maximum Gasteiger partial charge on any atom is 0.332 e. The van der Waals surface area contributed by atoms with Crippen LogP contribution in [-0.4, -0.2) is 44.8 Å². The molecule has 0 aromatic rings. The summed E-state index contributed by atoms with van der Waals surface area (Å²) in [6, 6.07) is 0. The Hall–Kier alpha value is -2.64. The van der Waals surface area contributed by atoms with Crippen molar-refractivity contribution in [1.29, 1.82) is 0 Å². The Kier molecular flexibility index (Phi) is 9.34. The molecule has 0 rings (SSSR count). The molecule has 0 heterocycles. The second kappa shape index (κ2) is 9.49. The summed E-state index contributed by atoms with van der Waals surface area (Å²) in [5.41, 5.74) is -1.33. The molecule has 0 bridgehead atoms. The number of hydrogen-bond acceptors (Lipinski definition) is 5. The highest BCUT2D eigenvalue weighted by molar-refractivity contribution is 5.95.